The van der Waals surface area contributed by atoms with Crippen molar-refractivity contribution < 1.29 is 9.59 Å². The van der Waals surface area contributed by atoms with E-state index in [2.05, 4.69) is 5.32 Å². The Morgan fingerprint density at radius 3 is 2.38 bits per heavy atom. The summed E-state index contributed by atoms with van der Waals surface area (Å²) in [5.74, 6) is -0.0398. The van der Waals surface area contributed by atoms with Crippen molar-refractivity contribution in [1.29, 1.82) is 0 Å². The van der Waals surface area contributed by atoms with Crippen molar-refractivity contribution in [3.63, 3.8) is 0 Å². The normalized spacial score (nSPS) is 9.88. The molecule has 4 heteroatoms. The fraction of sp³-hybridized carbons (Fsp3) is 0.333. The molecule has 0 spiro atoms. The number of hydrogen-bond acceptors (Lipinski definition) is 3. The summed E-state index contributed by atoms with van der Waals surface area (Å²) < 4.78 is 0. The fourth-order valence-corrected chi connectivity index (χ4v) is 1.27. The molecule has 0 saturated heterocycles. The average Bonchev–Trinajstić information content (AvgIpc) is 2.27. The summed E-state index contributed by atoms with van der Waals surface area (Å²) in [5, 5.41) is 2.74. The number of ketones is 1. The first-order valence-electron chi connectivity index (χ1n) is 5.24. The van der Waals surface area contributed by atoms with E-state index < -0.39 is 0 Å². The Labute approximate surface area is 94.8 Å². The molecule has 4 nitrogen and oxygen atoms in total. The minimum Gasteiger partial charge on any atom is -0.330 e. The van der Waals surface area contributed by atoms with E-state index in [1.807, 2.05) is 0 Å². The summed E-state index contributed by atoms with van der Waals surface area (Å²) in [6, 6.07) is 6.83. The van der Waals surface area contributed by atoms with E-state index in [0.717, 1.165) is 0 Å². The van der Waals surface area contributed by atoms with E-state index in [9.17, 15) is 9.59 Å². The molecule has 0 bridgehead atoms. The van der Waals surface area contributed by atoms with E-state index in [-0.39, 0.29) is 11.7 Å². The van der Waals surface area contributed by atoms with Crippen LogP contribution in [0, 0.1) is 0 Å². The minimum atomic E-state index is -0.0546. The number of carbonyl (C=O) groups is 2. The summed E-state index contributed by atoms with van der Waals surface area (Å²) in [4.78, 5) is 22.4. The molecule has 0 heterocycles. The maximum Gasteiger partial charge on any atom is 0.224 e. The molecule has 1 aromatic rings. The van der Waals surface area contributed by atoms with Crippen LogP contribution in [0.5, 0.6) is 0 Å². The number of nitrogens with one attached hydrogen (secondary N) is 1. The number of anilines is 1. The summed E-state index contributed by atoms with van der Waals surface area (Å²) >= 11 is 0. The summed E-state index contributed by atoms with van der Waals surface area (Å²) in [7, 11) is 0. The molecule has 0 aliphatic carbocycles. The van der Waals surface area contributed by atoms with E-state index in [1.165, 1.54) is 6.92 Å². The third-order valence-electron chi connectivity index (χ3n) is 2.18. The quantitative estimate of drug-likeness (QED) is 0.740. The van der Waals surface area contributed by atoms with E-state index in [0.29, 0.717) is 30.6 Å². The molecule has 0 fully saturated rings. The fourth-order valence-electron chi connectivity index (χ4n) is 1.27. The van der Waals surface area contributed by atoms with Crippen LogP contribution < -0.4 is 11.1 Å². The second-order valence-electron chi connectivity index (χ2n) is 3.57. The van der Waals surface area contributed by atoms with Crippen molar-refractivity contribution >= 4 is 17.4 Å². The molecule has 0 aliphatic heterocycles. The summed E-state index contributed by atoms with van der Waals surface area (Å²) in [5.41, 5.74) is 6.65. The second-order valence-corrected chi connectivity index (χ2v) is 3.57. The minimum absolute atomic E-state index is 0.0148. The molecule has 1 rings (SSSR count). The third kappa shape index (κ3) is 3.82. The molecule has 0 atom stereocenters. The zero-order chi connectivity index (χ0) is 12.0. The zero-order valence-corrected chi connectivity index (χ0v) is 9.32. The standard InChI is InChI=1S/C12H16N2O2/c1-9(15)10-4-6-11(7-5-10)14-12(16)3-2-8-13/h4-7H,2-3,8,13H2,1H3,(H,14,16). The van der Waals surface area contributed by atoms with Gasteiger partial charge in [-0.25, -0.2) is 0 Å². The largest absolute Gasteiger partial charge is 0.330 e. The molecule has 86 valence electrons. The van der Waals surface area contributed by atoms with Gasteiger partial charge in [0.1, 0.15) is 0 Å². The van der Waals surface area contributed by atoms with Crippen molar-refractivity contribution in [2.75, 3.05) is 11.9 Å². The smallest absolute Gasteiger partial charge is 0.224 e. The number of Topliss-reactive ketones (excluding diaryl/α,β-unsaturated/α-hetero) is 1. The molecule has 0 aliphatic rings. The van der Waals surface area contributed by atoms with Gasteiger partial charge in [-0.1, -0.05) is 0 Å². The van der Waals surface area contributed by atoms with Gasteiger partial charge in [0.15, 0.2) is 5.78 Å². The van der Waals surface area contributed by atoms with Gasteiger partial charge < -0.3 is 11.1 Å². The second kappa shape index (κ2) is 6.02. The van der Waals surface area contributed by atoms with Gasteiger partial charge in [-0.15, -0.1) is 0 Å². The lowest BCUT2D eigenvalue weighted by molar-refractivity contribution is -0.116. The Balaban J connectivity index is 2.55. The Kier molecular flexibility index (Phi) is 4.66. The molecule has 16 heavy (non-hydrogen) atoms. The van der Waals surface area contributed by atoms with Gasteiger partial charge in [-0.3, -0.25) is 9.59 Å². The maximum absolute atomic E-state index is 11.4. The van der Waals surface area contributed by atoms with Gasteiger partial charge in [0, 0.05) is 17.7 Å². The zero-order valence-electron chi connectivity index (χ0n) is 9.32. The molecule has 3 N–H and O–H groups in total. The third-order valence-corrected chi connectivity index (χ3v) is 2.18. The van der Waals surface area contributed by atoms with Crippen LogP contribution in [0.15, 0.2) is 24.3 Å². The van der Waals surface area contributed by atoms with Gasteiger partial charge in [0.2, 0.25) is 5.91 Å². The Morgan fingerprint density at radius 1 is 1.25 bits per heavy atom. The molecule has 0 unspecified atom stereocenters. The first-order valence-corrected chi connectivity index (χ1v) is 5.24. The lowest BCUT2D eigenvalue weighted by Gasteiger charge is -2.04. The highest BCUT2D eigenvalue weighted by Crippen LogP contribution is 2.10. The van der Waals surface area contributed by atoms with E-state index in [4.69, 9.17) is 5.73 Å². The lowest BCUT2D eigenvalue weighted by atomic mass is 10.1. The number of carbonyl (C=O) groups excluding carboxylic acids is 2. The molecular weight excluding hydrogens is 204 g/mol. The maximum atomic E-state index is 11.4. The van der Waals surface area contributed by atoms with Crippen molar-refractivity contribution in [3.05, 3.63) is 29.8 Å². The van der Waals surface area contributed by atoms with Gasteiger partial charge in [0.05, 0.1) is 0 Å². The summed E-state index contributed by atoms with van der Waals surface area (Å²) in [6.45, 7) is 2.02. The highest BCUT2D eigenvalue weighted by Gasteiger charge is 2.02. The van der Waals surface area contributed by atoms with Crippen LogP contribution in [0.3, 0.4) is 0 Å². The monoisotopic (exact) mass is 220 g/mol. The van der Waals surface area contributed by atoms with Crippen LogP contribution in [0.25, 0.3) is 0 Å². The molecule has 1 aromatic carbocycles. The van der Waals surface area contributed by atoms with Crippen molar-refractivity contribution in [1.82, 2.24) is 0 Å². The Bertz CT molecular complexity index is 371. The summed E-state index contributed by atoms with van der Waals surface area (Å²) in [6.07, 6.45) is 1.10. The van der Waals surface area contributed by atoms with Crippen LogP contribution in [-0.4, -0.2) is 18.2 Å². The molecule has 0 aromatic heterocycles. The van der Waals surface area contributed by atoms with Gasteiger partial charge in [-0.2, -0.15) is 0 Å². The van der Waals surface area contributed by atoms with E-state index >= 15 is 0 Å². The highest BCUT2D eigenvalue weighted by atomic mass is 16.1. The van der Waals surface area contributed by atoms with Crippen molar-refractivity contribution in [2.24, 2.45) is 5.73 Å². The van der Waals surface area contributed by atoms with Crippen LogP contribution >= 0.6 is 0 Å². The van der Waals surface area contributed by atoms with Gasteiger partial charge >= 0.3 is 0 Å². The molecular formula is C12H16N2O2. The Morgan fingerprint density at radius 2 is 1.88 bits per heavy atom. The Hall–Kier alpha value is -1.68. The predicted octanol–water partition coefficient (Wildman–Crippen LogP) is 1.57. The predicted molar refractivity (Wildman–Crippen MR) is 63.4 cm³/mol. The highest BCUT2D eigenvalue weighted by molar-refractivity contribution is 5.95. The SMILES string of the molecule is CC(=O)c1ccc(NC(=O)CCCN)cc1. The number of rotatable bonds is 5. The first kappa shape index (κ1) is 12.4. The molecule has 0 saturated carbocycles. The first-order chi connectivity index (χ1) is 7.63. The number of hydrogen-bond donors (Lipinski definition) is 2. The number of amides is 1. The molecule has 1 amide bonds. The topological polar surface area (TPSA) is 72.2 Å². The van der Waals surface area contributed by atoms with Gasteiger partial charge in [0.25, 0.3) is 0 Å². The van der Waals surface area contributed by atoms with Crippen LogP contribution in [0.1, 0.15) is 30.1 Å². The van der Waals surface area contributed by atoms with Crippen LogP contribution in [-0.2, 0) is 4.79 Å². The molecule has 0 radical (unpaired) electrons. The van der Waals surface area contributed by atoms with Crippen molar-refractivity contribution in [3.8, 4) is 0 Å². The van der Waals surface area contributed by atoms with E-state index in [1.54, 1.807) is 24.3 Å². The lowest BCUT2D eigenvalue weighted by Crippen LogP contribution is -2.13. The van der Waals surface area contributed by atoms with Crippen LogP contribution in [0.2, 0.25) is 0 Å². The van der Waals surface area contributed by atoms with Gasteiger partial charge in [-0.05, 0) is 44.2 Å². The van der Waals surface area contributed by atoms with Crippen molar-refractivity contribution in [2.45, 2.75) is 19.8 Å². The number of nitrogens with two attached hydrogens (primary N) is 1. The van der Waals surface area contributed by atoms with Crippen LogP contribution in [0.4, 0.5) is 5.69 Å². The average molecular weight is 220 g/mol. The number of benzene rings is 1.